The third-order valence-electron chi connectivity index (χ3n) is 3.48. The molecule has 6 heteroatoms. The molecule has 0 spiro atoms. The monoisotopic (exact) mass is 277 g/mol. The van der Waals surface area contributed by atoms with Crippen LogP contribution in [-0.4, -0.2) is 35.0 Å². The van der Waals surface area contributed by atoms with Crippen molar-refractivity contribution in [3.8, 4) is 0 Å². The van der Waals surface area contributed by atoms with E-state index in [1.807, 2.05) is 0 Å². The fraction of sp³-hybridized carbons (Fsp3) is 0.429. The van der Waals surface area contributed by atoms with Crippen molar-refractivity contribution in [1.82, 2.24) is 4.90 Å². The van der Waals surface area contributed by atoms with E-state index < -0.39 is 6.03 Å². The van der Waals surface area contributed by atoms with Gasteiger partial charge in [0, 0.05) is 18.8 Å². The summed E-state index contributed by atoms with van der Waals surface area (Å²) in [6.07, 6.45) is 1.52. The maximum atomic E-state index is 12.2. The van der Waals surface area contributed by atoms with Crippen LogP contribution in [0.5, 0.6) is 0 Å². The van der Waals surface area contributed by atoms with Gasteiger partial charge in [-0.15, -0.1) is 0 Å². The summed E-state index contributed by atoms with van der Waals surface area (Å²) in [5.41, 5.74) is 6.64. The van der Waals surface area contributed by atoms with Gasteiger partial charge in [-0.3, -0.25) is 4.79 Å². The summed E-state index contributed by atoms with van der Waals surface area (Å²) >= 11 is 0. The number of hydrogen-bond acceptors (Lipinski definition) is 3. The number of carbonyl (C=O) groups excluding carboxylic acids is 2. The lowest BCUT2D eigenvalue weighted by atomic mass is 9.97. The molecular weight excluding hydrogens is 258 g/mol. The predicted molar refractivity (Wildman–Crippen MR) is 74.9 cm³/mol. The van der Waals surface area contributed by atoms with Crippen molar-refractivity contribution < 1.29 is 14.7 Å². The van der Waals surface area contributed by atoms with Gasteiger partial charge in [-0.25, -0.2) is 4.79 Å². The summed E-state index contributed by atoms with van der Waals surface area (Å²) in [6.45, 7) is 0.905. The summed E-state index contributed by atoms with van der Waals surface area (Å²) < 4.78 is 0. The van der Waals surface area contributed by atoms with Gasteiger partial charge in [-0.05, 0) is 30.5 Å². The van der Waals surface area contributed by atoms with Crippen molar-refractivity contribution in [2.45, 2.75) is 19.4 Å². The SMILES string of the molecule is NC(=O)N1CCCC(C(=O)Nc2cccc(CO)c2)C1. The molecule has 1 atom stereocenters. The smallest absolute Gasteiger partial charge is 0.314 e. The number of benzene rings is 1. The Hall–Kier alpha value is -2.08. The molecule has 108 valence electrons. The Balaban J connectivity index is 1.98. The second-order valence-electron chi connectivity index (χ2n) is 4.97. The number of rotatable bonds is 3. The first-order valence-electron chi connectivity index (χ1n) is 6.65. The van der Waals surface area contributed by atoms with E-state index in [1.54, 1.807) is 24.3 Å². The van der Waals surface area contributed by atoms with E-state index in [0.29, 0.717) is 18.8 Å². The Morgan fingerprint density at radius 1 is 1.45 bits per heavy atom. The average Bonchev–Trinajstić information content (AvgIpc) is 2.47. The van der Waals surface area contributed by atoms with Crippen LogP contribution < -0.4 is 11.1 Å². The molecule has 6 nitrogen and oxygen atoms in total. The number of nitrogens with two attached hydrogens (primary N) is 1. The highest BCUT2D eigenvalue weighted by Crippen LogP contribution is 2.19. The molecule has 4 N–H and O–H groups in total. The van der Waals surface area contributed by atoms with Crippen molar-refractivity contribution in [1.29, 1.82) is 0 Å². The number of aliphatic hydroxyl groups is 1. The summed E-state index contributed by atoms with van der Waals surface area (Å²) in [7, 11) is 0. The molecule has 1 unspecified atom stereocenters. The van der Waals surface area contributed by atoms with Crippen LogP contribution in [0.15, 0.2) is 24.3 Å². The van der Waals surface area contributed by atoms with Crippen LogP contribution in [0.3, 0.4) is 0 Å². The summed E-state index contributed by atoms with van der Waals surface area (Å²) in [5, 5.41) is 11.9. The van der Waals surface area contributed by atoms with Gasteiger partial charge >= 0.3 is 6.03 Å². The Bertz CT molecular complexity index is 504. The molecule has 0 saturated carbocycles. The van der Waals surface area contributed by atoms with Gasteiger partial charge in [0.1, 0.15) is 0 Å². The van der Waals surface area contributed by atoms with Crippen LogP contribution in [0.25, 0.3) is 0 Å². The number of hydrogen-bond donors (Lipinski definition) is 3. The number of nitrogens with one attached hydrogen (secondary N) is 1. The van der Waals surface area contributed by atoms with Crippen molar-refractivity contribution in [3.05, 3.63) is 29.8 Å². The molecular formula is C14H19N3O3. The molecule has 2 rings (SSSR count). The molecule has 0 aromatic heterocycles. The van der Waals surface area contributed by atoms with Crippen molar-refractivity contribution in [2.75, 3.05) is 18.4 Å². The van der Waals surface area contributed by atoms with Crippen LogP contribution in [0.2, 0.25) is 0 Å². The highest BCUT2D eigenvalue weighted by Gasteiger charge is 2.27. The lowest BCUT2D eigenvalue weighted by molar-refractivity contribution is -0.121. The van der Waals surface area contributed by atoms with E-state index in [9.17, 15) is 9.59 Å². The summed E-state index contributed by atoms with van der Waals surface area (Å²) in [6, 6.07) is 6.58. The zero-order valence-electron chi connectivity index (χ0n) is 11.2. The van der Waals surface area contributed by atoms with Crippen molar-refractivity contribution in [3.63, 3.8) is 0 Å². The molecule has 1 aromatic rings. The number of nitrogens with zero attached hydrogens (tertiary/aromatic N) is 1. The number of aliphatic hydroxyl groups excluding tert-OH is 1. The molecule has 1 fully saturated rings. The van der Waals surface area contributed by atoms with Gasteiger partial charge in [0.15, 0.2) is 0 Å². The molecule has 1 aromatic carbocycles. The number of amides is 3. The Morgan fingerprint density at radius 2 is 2.25 bits per heavy atom. The van der Waals surface area contributed by atoms with Gasteiger partial charge in [0.25, 0.3) is 0 Å². The number of likely N-dealkylation sites (tertiary alicyclic amines) is 1. The van der Waals surface area contributed by atoms with Crippen LogP contribution in [-0.2, 0) is 11.4 Å². The highest BCUT2D eigenvalue weighted by atomic mass is 16.3. The number of anilines is 1. The topological polar surface area (TPSA) is 95.7 Å². The molecule has 20 heavy (non-hydrogen) atoms. The number of urea groups is 1. The number of primary amides is 1. The molecule has 0 radical (unpaired) electrons. The minimum atomic E-state index is -0.482. The van der Waals surface area contributed by atoms with Gasteiger partial charge in [-0.1, -0.05) is 12.1 Å². The summed E-state index contributed by atoms with van der Waals surface area (Å²) in [4.78, 5) is 24.8. The molecule has 3 amide bonds. The third-order valence-corrected chi connectivity index (χ3v) is 3.48. The van der Waals surface area contributed by atoms with Gasteiger partial charge in [0.05, 0.1) is 12.5 Å². The minimum Gasteiger partial charge on any atom is -0.392 e. The fourth-order valence-corrected chi connectivity index (χ4v) is 2.38. The lowest BCUT2D eigenvalue weighted by Gasteiger charge is -2.30. The van der Waals surface area contributed by atoms with Crippen LogP contribution in [0, 0.1) is 5.92 Å². The van der Waals surface area contributed by atoms with Crippen LogP contribution >= 0.6 is 0 Å². The maximum absolute atomic E-state index is 12.2. The van der Waals surface area contributed by atoms with Crippen molar-refractivity contribution in [2.24, 2.45) is 11.7 Å². The molecule has 1 aliphatic rings. The largest absolute Gasteiger partial charge is 0.392 e. The number of carbonyl (C=O) groups is 2. The van der Waals surface area contributed by atoms with Crippen LogP contribution in [0.4, 0.5) is 10.5 Å². The molecule has 1 heterocycles. The predicted octanol–water partition coefficient (Wildman–Crippen LogP) is 0.908. The Labute approximate surface area is 117 Å². The summed E-state index contributed by atoms with van der Waals surface area (Å²) in [5.74, 6) is -0.361. The first kappa shape index (κ1) is 14.3. The Kier molecular flexibility index (Phi) is 4.57. The van der Waals surface area contributed by atoms with E-state index in [4.69, 9.17) is 10.8 Å². The lowest BCUT2D eigenvalue weighted by Crippen LogP contribution is -2.46. The normalized spacial score (nSPS) is 18.6. The zero-order valence-corrected chi connectivity index (χ0v) is 11.2. The molecule has 0 aliphatic carbocycles. The zero-order chi connectivity index (χ0) is 14.5. The van der Waals surface area contributed by atoms with E-state index in [1.165, 1.54) is 4.90 Å². The van der Waals surface area contributed by atoms with E-state index in [-0.39, 0.29) is 18.4 Å². The number of piperidine rings is 1. The second-order valence-corrected chi connectivity index (χ2v) is 4.97. The van der Waals surface area contributed by atoms with Gasteiger partial charge < -0.3 is 21.1 Å². The van der Waals surface area contributed by atoms with Gasteiger partial charge in [0.2, 0.25) is 5.91 Å². The first-order valence-corrected chi connectivity index (χ1v) is 6.65. The van der Waals surface area contributed by atoms with E-state index in [2.05, 4.69) is 5.32 Å². The fourth-order valence-electron chi connectivity index (χ4n) is 2.38. The minimum absolute atomic E-state index is 0.0669. The van der Waals surface area contributed by atoms with E-state index >= 15 is 0 Å². The van der Waals surface area contributed by atoms with Crippen molar-refractivity contribution >= 4 is 17.6 Å². The highest BCUT2D eigenvalue weighted by molar-refractivity contribution is 5.93. The second kappa shape index (κ2) is 6.38. The Morgan fingerprint density at radius 3 is 2.95 bits per heavy atom. The molecule has 0 bridgehead atoms. The standard InChI is InChI=1S/C14H19N3O3/c15-14(20)17-6-2-4-11(8-17)13(19)16-12-5-1-3-10(7-12)9-18/h1,3,5,7,11,18H,2,4,6,8-9H2,(H2,15,20)(H,16,19). The average molecular weight is 277 g/mol. The first-order chi connectivity index (χ1) is 9.60. The van der Waals surface area contributed by atoms with Crippen LogP contribution in [0.1, 0.15) is 18.4 Å². The molecule has 1 saturated heterocycles. The van der Waals surface area contributed by atoms with E-state index in [0.717, 1.165) is 18.4 Å². The maximum Gasteiger partial charge on any atom is 0.314 e. The third kappa shape index (κ3) is 3.48. The molecule has 1 aliphatic heterocycles. The van der Waals surface area contributed by atoms with Gasteiger partial charge in [-0.2, -0.15) is 0 Å². The quantitative estimate of drug-likeness (QED) is 0.766.